The number of aliphatic hydroxyl groups is 1. The first-order valence-electron chi connectivity index (χ1n) is 7.14. The van der Waals surface area contributed by atoms with Gasteiger partial charge >= 0.3 is 0 Å². The standard InChI is InChI=1S/C15H23NO3S/c1-12-5-6-13(7-12)9-16-20(18,19)11-15-4-2-3-14(8-15)10-17/h2-4,8,12-13,16-17H,5-7,9-11H2,1H3. The number of nitrogens with one attached hydrogen (secondary N) is 1. The Bertz CT molecular complexity index is 542. The lowest BCUT2D eigenvalue weighted by molar-refractivity contribution is 0.282. The van der Waals surface area contributed by atoms with Crippen molar-refractivity contribution in [2.75, 3.05) is 6.54 Å². The van der Waals surface area contributed by atoms with E-state index in [2.05, 4.69) is 11.6 Å². The molecule has 0 heterocycles. The summed E-state index contributed by atoms with van der Waals surface area (Å²) in [5, 5.41) is 9.07. The molecule has 5 heteroatoms. The molecule has 2 atom stereocenters. The lowest BCUT2D eigenvalue weighted by Gasteiger charge is -2.12. The van der Waals surface area contributed by atoms with E-state index in [0.29, 0.717) is 23.9 Å². The topological polar surface area (TPSA) is 66.4 Å². The van der Waals surface area contributed by atoms with E-state index in [0.717, 1.165) is 18.4 Å². The van der Waals surface area contributed by atoms with Crippen molar-refractivity contribution in [1.29, 1.82) is 0 Å². The van der Waals surface area contributed by atoms with Gasteiger partial charge in [0.05, 0.1) is 12.4 Å². The molecular weight excluding hydrogens is 274 g/mol. The molecule has 1 saturated carbocycles. The molecule has 0 radical (unpaired) electrons. The van der Waals surface area contributed by atoms with E-state index < -0.39 is 10.0 Å². The first-order valence-corrected chi connectivity index (χ1v) is 8.80. The van der Waals surface area contributed by atoms with Gasteiger partial charge in [-0.2, -0.15) is 0 Å². The largest absolute Gasteiger partial charge is 0.392 e. The molecule has 0 aliphatic heterocycles. The Morgan fingerprint density at radius 1 is 1.30 bits per heavy atom. The van der Waals surface area contributed by atoms with Crippen LogP contribution < -0.4 is 4.72 Å². The number of benzene rings is 1. The zero-order valence-corrected chi connectivity index (χ0v) is 12.7. The molecule has 112 valence electrons. The highest BCUT2D eigenvalue weighted by Crippen LogP contribution is 2.29. The fraction of sp³-hybridized carbons (Fsp3) is 0.600. The molecule has 0 spiro atoms. The number of hydrogen-bond acceptors (Lipinski definition) is 3. The summed E-state index contributed by atoms with van der Waals surface area (Å²) in [6.45, 7) is 2.70. The van der Waals surface area contributed by atoms with Crippen LogP contribution in [-0.2, 0) is 22.4 Å². The van der Waals surface area contributed by atoms with Gasteiger partial charge in [0.1, 0.15) is 0 Å². The van der Waals surface area contributed by atoms with E-state index in [9.17, 15) is 8.42 Å². The van der Waals surface area contributed by atoms with Gasteiger partial charge in [-0.15, -0.1) is 0 Å². The van der Waals surface area contributed by atoms with Gasteiger partial charge < -0.3 is 5.11 Å². The van der Waals surface area contributed by atoms with Crippen LogP contribution in [0.5, 0.6) is 0 Å². The fourth-order valence-electron chi connectivity index (χ4n) is 2.84. The maximum atomic E-state index is 12.1. The van der Waals surface area contributed by atoms with Gasteiger partial charge in [0.15, 0.2) is 0 Å². The second-order valence-corrected chi connectivity index (χ2v) is 7.68. The fourth-order valence-corrected chi connectivity index (χ4v) is 4.05. The van der Waals surface area contributed by atoms with Crippen LogP contribution >= 0.6 is 0 Å². The van der Waals surface area contributed by atoms with Crippen molar-refractivity contribution in [3.63, 3.8) is 0 Å². The summed E-state index contributed by atoms with van der Waals surface area (Å²) in [7, 11) is -3.30. The normalized spacial score (nSPS) is 23.1. The van der Waals surface area contributed by atoms with E-state index >= 15 is 0 Å². The summed E-state index contributed by atoms with van der Waals surface area (Å²) < 4.78 is 26.8. The van der Waals surface area contributed by atoms with Gasteiger partial charge in [-0.1, -0.05) is 37.6 Å². The second kappa shape index (κ2) is 6.70. The highest BCUT2D eigenvalue weighted by molar-refractivity contribution is 7.88. The van der Waals surface area contributed by atoms with Crippen LogP contribution in [0.1, 0.15) is 37.3 Å². The van der Waals surface area contributed by atoms with Crippen LogP contribution in [0.25, 0.3) is 0 Å². The highest BCUT2D eigenvalue weighted by Gasteiger charge is 2.23. The molecule has 1 aromatic rings. The molecule has 4 nitrogen and oxygen atoms in total. The van der Waals surface area contributed by atoms with Crippen molar-refractivity contribution in [3.05, 3.63) is 35.4 Å². The maximum Gasteiger partial charge on any atom is 0.215 e. The molecule has 2 unspecified atom stereocenters. The molecule has 2 N–H and O–H groups in total. The van der Waals surface area contributed by atoms with Gasteiger partial charge in [0.25, 0.3) is 0 Å². The third-order valence-electron chi connectivity index (χ3n) is 3.93. The molecule has 1 aliphatic rings. The molecule has 0 aromatic heterocycles. The Hall–Kier alpha value is -0.910. The van der Waals surface area contributed by atoms with E-state index in [4.69, 9.17) is 5.11 Å². The smallest absolute Gasteiger partial charge is 0.215 e. The zero-order chi connectivity index (χ0) is 14.6. The molecule has 0 amide bonds. The summed E-state index contributed by atoms with van der Waals surface area (Å²) in [6.07, 6.45) is 3.43. The van der Waals surface area contributed by atoms with Gasteiger partial charge in [0.2, 0.25) is 10.0 Å². The van der Waals surface area contributed by atoms with E-state index in [-0.39, 0.29) is 12.4 Å². The van der Waals surface area contributed by atoms with Crippen molar-refractivity contribution in [2.24, 2.45) is 11.8 Å². The molecule has 0 saturated heterocycles. The van der Waals surface area contributed by atoms with Crippen LogP contribution in [0.3, 0.4) is 0 Å². The van der Waals surface area contributed by atoms with Crippen LogP contribution in [0, 0.1) is 11.8 Å². The van der Waals surface area contributed by atoms with Crippen molar-refractivity contribution >= 4 is 10.0 Å². The van der Waals surface area contributed by atoms with E-state index in [1.54, 1.807) is 24.3 Å². The van der Waals surface area contributed by atoms with Crippen molar-refractivity contribution in [3.8, 4) is 0 Å². The van der Waals surface area contributed by atoms with Crippen molar-refractivity contribution < 1.29 is 13.5 Å². The summed E-state index contributed by atoms with van der Waals surface area (Å²) >= 11 is 0. The molecule has 1 aliphatic carbocycles. The third kappa shape index (κ3) is 4.58. The monoisotopic (exact) mass is 297 g/mol. The highest BCUT2D eigenvalue weighted by atomic mass is 32.2. The average molecular weight is 297 g/mol. The Morgan fingerprint density at radius 3 is 2.70 bits per heavy atom. The maximum absolute atomic E-state index is 12.1. The lowest BCUT2D eigenvalue weighted by Crippen LogP contribution is -2.29. The molecule has 2 rings (SSSR count). The Labute approximate surface area is 121 Å². The summed E-state index contributed by atoms with van der Waals surface area (Å²) in [6, 6.07) is 7.06. The molecule has 1 aromatic carbocycles. The van der Waals surface area contributed by atoms with Crippen LogP contribution in [-0.4, -0.2) is 20.1 Å². The summed E-state index contributed by atoms with van der Waals surface area (Å²) in [5.74, 6) is 1.16. The number of sulfonamides is 1. The zero-order valence-electron chi connectivity index (χ0n) is 11.9. The van der Waals surface area contributed by atoms with Crippen LogP contribution in [0.4, 0.5) is 0 Å². The minimum Gasteiger partial charge on any atom is -0.392 e. The van der Waals surface area contributed by atoms with E-state index in [1.807, 2.05) is 0 Å². The third-order valence-corrected chi connectivity index (χ3v) is 5.25. The van der Waals surface area contributed by atoms with Gasteiger partial charge in [-0.05, 0) is 35.8 Å². The summed E-state index contributed by atoms with van der Waals surface area (Å²) in [4.78, 5) is 0. The predicted molar refractivity (Wildman–Crippen MR) is 79.5 cm³/mol. The molecule has 0 bridgehead atoms. The Morgan fingerprint density at radius 2 is 2.05 bits per heavy atom. The van der Waals surface area contributed by atoms with Crippen LogP contribution in [0.2, 0.25) is 0 Å². The second-order valence-electron chi connectivity index (χ2n) is 5.87. The van der Waals surface area contributed by atoms with Gasteiger partial charge in [-0.25, -0.2) is 13.1 Å². The Balaban J connectivity index is 1.90. The average Bonchev–Trinajstić information content (AvgIpc) is 2.82. The van der Waals surface area contributed by atoms with E-state index in [1.165, 1.54) is 6.42 Å². The quantitative estimate of drug-likeness (QED) is 0.844. The minimum absolute atomic E-state index is 0.0247. The predicted octanol–water partition coefficient (Wildman–Crippen LogP) is 2.03. The first-order chi connectivity index (χ1) is 9.48. The first kappa shape index (κ1) is 15.5. The van der Waals surface area contributed by atoms with Gasteiger partial charge in [0, 0.05) is 6.54 Å². The minimum atomic E-state index is -3.30. The Kier molecular flexibility index (Phi) is 5.18. The lowest BCUT2D eigenvalue weighted by atomic mass is 10.1. The summed E-state index contributed by atoms with van der Waals surface area (Å²) in [5.41, 5.74) is 1.45. The SMILES string of the molecule is CC1CCC(CNS(=O)(=O)Cc2cccc(CO)c2)C1. The van der Waals surface area contributed by atoms with Crippen molar-refractivity contribution in [2.45, 2.75) is 38.5 Å². The number of rotatable bonds is 6. The number of hydrogen-bond donors (Lipinski definition) is 2. The molecular formula is C15H23NO3S. The molecule has 20 heavy (non-hydrogen) atoms. The number of aliphatic hydroxyl groups excluding tert-OH is 1. The van der Waals surface area contributed by atoms with Gasteiger partial charge in [-0.3, -0.25) is 0 Å². The molecule has 1 fully saturated rings. The van der Waals surface area contributed by atoms with Crippen molar-refractivity contribution in [1.82, 2.24) is 4.72 Å². The van der Waals surface area contributed by atoms with Crippen LogP contribution in [0.15, 0.2) is 24.3 Å².